The van der Waals surface area contributed by atoms with Crippen molar-refractivity contribution in [2.75, 3.05) is 7.11 Å². The molecule has 0 saturated heterocycles. The Morgan fingerprint density at radius 2 is 2.12 bits per heavy atom. The van der Waals surface area contributed by atoms with Crippen molar-refractivity contribution in [2.24, 2.45) is 0 Å². The molecule has 0 aliphatic heterocycles. The number of pyridine rings is 1. The summed E-state index contributed by atoms with van der Waals surface area (Å²) in [5, 5.41) is 3.91. The molecule has 0 radical (unpaired) electrons. The van der Waals surface area contributed by atoms with Gasteiger partial charge in [-0.15, -0.1) is 0 Å². The van der Waals surface area contributed by atoms with Gasteiger partial charge in [-0.2, -0.15) is 0 Å². The Hall–Kier alpha value is -2.82. The van der Waals surface area contributed by atoms with E-state index in [4.69, 9.17) is 9.15 Å². The molecule has 1 aromatic carbocycles. The highest BCUT2D eigenvalue weighted by Crippen LogP contribution is 2.23. The second kappa shape index (κ2) is 7.17. The first kappa shape index (κ1) is 16.1. The van der Waals surface area contributed by atoms with E-state index in [0.717, 1.165) is 28.5 Å². The molecule has 0 unspecified atom stereocenters. The molecule has 2 heterocycles. The van der Waals surface area contributed by atoms with Gasteiger partial charge in [0.25, 0.3) is 0 Å². The molecule has 0 bridgehead atoms. The SMILES string of the molecule is CCc1ccc2c(CC(=O)NCc3ccnc(OC)c3)coc2c1. The van der Waals surface area contributed by atoms with E-state index in [1.54, 1.807) is 25.6 Å². The quantitative estimate of drug-likeness (QED) is 0.756. The zero-order valence-corrected chi connectivity index (χ0v) is 13.8. The molecule has 0 fully saturated rings. The molecule has 0 spiro atoms. The standard InChI is InChI=1S/C19H20N2O3/c1-3-13-4-5-16-15(12-24-17(16)8-13)10-18(22)21-11-14-6-7-20-19(9-14)23-2/h4-9,12H,3,10-11H2,1-2H3,(H,21,22). The Kier molecular flexibility index (Phi) is 4.79. The lowest BCUT2D eigenvalue weighted by Crippen LogP contribution is -2.24. The highest BCUT2D eigenvalue weighted by atomic mass is 16.5. The van der Waals surface area contributed by atoms with E-state index in [0.29, 0.717) is 18.8 Å². The number of carbonyl (C=O) groups is 1. The Morgan fingerprint density at radius 3 is 2.92 bits per heavy atom. The lowest BCUT2D eigenvalue weighted by atomic mass is 10.1. The van der Waals surface area contributed by atoms with Gasteiger partial charge in [0, 0.05) is 29.8 Å². The number of methoxy groups -OCH3 is 1. The summed E-state index contributed by atoms with van der Waals surface area (Å²) in [5.41, 5.74) is 3.90. The molecule has 0 atom stereocenters. The smallest absolute Gasteiger partial charge is 0.224 e. The minimum absolute atomic E-state index is 0.0481. The van der Waals surface area contributed by atoms with Gasteiger partial charge in [-0.1, -0.05) is 19.1 Å². The topological polar surface area (TPSA) is 64.4 Å². The van der Waals surface area contributed by atoms with Crippen molar-refractivity contribution in [3.63, 3.8) is 0 Å². The molecule has 1 N–H and O–H groups in total. The van der Waals surface area contributed by atoms with Crippen LogP contribution in [0.25, 0.3) is 11.0 Å². The lowest BCUT2D eigenvalue weighted by molar-refractivity contribution is -0.120. The number of hydrogen-bond acceptors (Lipinski definition) is 4. The average Bonchev–Trinajstić information content (AvgIpc) is 3.02. The fourth-order valence-corrected chi connectivity index (χ4v) is 2.59. The number of nitrogens with one attached hydrogen (secondary N) is 1. The van der Waals surface area contributed by atoms with Crippen LogP contribution in [0.5, 0.6) is 5.88 Å². The number of furan rings is 1. The third-order valence-electron chi connectivity index (χ3n) is 3.98. The van der Waals surface area contributed by atoms with Crippen LogP contribution in [0.1, 0.15) is 23.6 Å². The van der Waals surface area contributed by atoms with Crippen LogP contribution in [0.15, 0.2) is 47.2 Å². The maximum Gasteiger partial charge on any atom is 0.224 e. The molecule has 1 amide bonds. The Balaban J connectivity index is 1.64. The largest absolute Gasteiger partial charge is 0.481 e. The molecule has 124 valence electrons. The summed E-state index contributed by atoms with van der Waals surface area (Å²) in [6.07, 6.45) is 4.58. The summed E-state index contributed by atoms with van der Waals surface area (Å²) in [7, 11) is 1.57. The average molecular weight is 324 g/mol. The van der Waals surface area contributed by atoms with Crippen LogP contribution in [0, 0.1) is 0 Å². The van der Waals surface area contributed by atoms with E-state index in [1.165, 1.54) is 5.56 Å². The second-order valence-electron chi connectivity index (χ2n) is 5.60. The zero-order chi connectivity index (χ0) is 16.9. The number of rotatable bonds is 6. The first-order chi connectivity index (χ1) is 11.7. The van der Waals surface area contributed by atoms with Crippen LogP contribution in [0.4, 0.5) is 0 Å². The molecule has 3 aromatic rings. The Morgan fingerprint density at radius 1 is 1.25 bits per heavy atom. The molecule has 0 aliphatic rings. The number of ether oxygens (including phenoxy) is 1. The van der Waals surface area contributed by atoms with Gasteiger partial charge in [0.15, 0.2) is 0 Å². The zero-order valence-electron chi connectivity index (χ0n) is 13.8. The molecule has 5 heteroatoms. The van der Waals surface area contributed by atoms with Crippen LogP contribution in [-0.2, 0) is 24.2 Å². The Labute approximate surface area is 140 Å². The van der Waals surface area contributed by atoms with Crippen LogP contribution in [0.3, 0.4) is 0 Å². The van der Waals surface area contributed by atoms with Crippen molar-refractivity contribution < 1.29 is 13.9 Å². The van der Waals surface area contributed by atoms with Crippen molar-refractivity contribution in [1.29, 1.82) is 0 Å². The van der Waals surface area contributed by atoms with Gasteiger partial charge >= 0.3 is 0 Å². The second-order valence-corrected chi connectivity index (χ2v) is 5.60. The molecule has 0 saturated carbocycles. The Bertz CT molecular complexity index is 855. The number of aromatic nitrogens is 1. The van der Waals surface area contributed by atoms with Crippen molar-refractivity contribution in [3.05, 3.63) is 59.5 Å². The summed E-state index contributed by atoms with van der Waals surface area (Å²) < 4.78 is 10.7. The third kappa shape index (κ3) is 3.56. The van der Waals surface area contributed by atoms with E-state index in [1.807, 2.05) is 18.2 Å². The number of carbonyl (C=O) groups excluding carboxylic acids is 1. The number of amides is 1. The molecule has 24 heavy (non-hydrogen) atoms. The van der Waals surface area contributed by atoms with Crippen molar-refractivity contribution in [3.8, 4) is 5.88 Å². The molecular weight excluding hydrogens is 304 g/mol. The number of hydrogen-bond donors (Lipinski definition) is 1. The number of benzene rings is 1. The first-order valence-corrected chi connectivity index (χ1v) is 7.94. The summed E-state index contributed by atoms with van der Waals surface area (Å²) in [5.74, 6) is 0.488. The van der Waals surface area contributed by atoms with Crippen LogP contribution in [-0.4, -0.2) is 18.0 Å². The van der Waals surface area contributed by atoms with Gasteiger partial charge in [0.05, 0.1) is 19.8 Å². The minimum Gasteiger partial charge on any atom is -0.481 e. The first-order valence-electron chi connectivity index (χ1n) is 7.94. The van der Waals surface area contributed by atoms with E-state index < -0.39 is 0 Å². The van der Waals surface area contributed by atoms with Gasteiger partial charge in [-0.3, -0.25) is 4.79 Å². The third-order valence-corrected chi connectivity index (χ3v) is 3.98. The van der Waals surface area contributed by atoms with Crippen LogP contribution in [0.2, 0.25) is 0 Å². The summed E-state index contributed by atoms with van der Waals surface area (Å²) in [4.78, 5) is 16.3. The fourth-order valence-electron chi connectivity index (χ4n) is 2.59. The summed E-state index contributed by atoms with van der Waals surface area (Å²) in [6, 6.07) is 9.78. The molecular formula is C19H20N2O3. The normalized spacial score (nSPS) is 10.8. The lowest BCUT2D eigenvalue weighted by Gasteiger charge is -2.06. The van der Waals surface area contributed by atoms with Gasteiger partial charge in [-0.25, -0.2) is 4.98 Å². The van der Waals surface area contributed by atoms with Crippen molar-refractivity contribution in [1.82, 2.24) is 10.3 Å². The number of nitrogens with zero attached hydrogens (tertiary/aromatic N) is 1. The minimum atomic E-state index is -0.0481. The van der Waals surface area contributed by atoms with E-state index >= 15 is 0 Å². The summed E-state index contributed by atoms with van der Waals surface area (Å²) >= 11 is 0. The van der Waals surface area contributed by atoms with E-state index in [-0.39, 0.29) is 5.91 Å². The van der Waals surface area contributed by atoms with Gasteiger partial charge in [0.2, 0.25) is 11.8 Å². The number of aryl methyl sites for hydroxylation is 1. The van der Waals surface area contributed by atoms with Crippen molar-refractivity contribution in [2.45, 2.75) is 26.3 Å². The summed E-state index contributed by atoms with van der Waals surface area (Å²) in [6.45, 7) is 2.54. The maximum atomic E-state index is 12.2. The molecule has 3 rings (SSSR count). The van der Waals surface area contributed by atoms with Gasteiger partial charge in [0.1, 0.15) is 5.58 Å². The fraction of sp³-hybridized carbons (Fsp3) is 0.263. The van der Waals surface area contributed by atoms with Crippen LogP contribution < -0.4 is 10.1 Å². The van der Waals surface area contributed by atoms with Gasteiger partial charge in [-0.05, 0) is 29.7 Å². The molecule has 5 nitrogen and oxygen atoms in total. The monoisotopic (exact) mass is 324 g/mol. The number of fused-ring (bicyclic) bond motifs is 1. The maximum absolute atomic E-state index is 12.2. The van der Waals surface area contributed by atoms with Gasteiger partial charge < -0.3 is 14.5 Å². The highest BCUT2D eigenvalue weighted by molar-refractivity contribution is 5.87. The molecule has 2 aromatic heterocycles. The predicted molar refractivity (Wildman–Crippen MR) is 91.9 cm³/mol. The highest BCUT2D eigenvalue weighted by Gasteiger charge is 2.11. The molecule has 0 aliphatic carbocycles. The van der Waals surface area contributed by atoms with Crippen LogP contribution >= 0.6 is 0 Å². The predicted octanol–water partition coefficient (Wildman–Crippen LogP) is 3.26. The van der Waals surface area contributed by atoms with E-state index in [9.17, 15) is 4.79 Å². The van der Waals surface area contributed by atoms with Crippen molar-refractivity contribution >= 4 is 16.9 Å². The van der Waals surface area contributed by atoms with E-state index in [2.05, 4.69) is 23.3 Å².